The molecule has 0 radical (unpaired) electrons. The highest BCUT2D eigenvalue weighted by molar-refractivity contribution is 7.18. The minimum absolute atomic E-state index is 0.0992. The molecule has 1 N–H and O–H groups in total. The Morgan fingerprint density at radius 1 is 1.38 bits per heavy atom. The first-order valence-corrected chi connectivity index (χ1v) is 8.69. The second-order valence-electron chi connectivity index (χ2n) is 6.02. The van der Waals surface area contributed by atoms with Gasteiger partial charge in [-0.2, -0.15) is 0 Å². The van der Waals surface area contributed by atoms with Gasteiger partial charge in [-0.3, -0.25) is 4.79 Å². The molecule has 0 saturated carbocycles. The SMILES string of the molecule is COC(=O)c1cc(-c2nc3sc4c(c3c(=O)[nH]2)CCCC4)cn1C. The third-order valence-corrected chi connectivity index (χ3v) is 5.68. The number of thiophene rings is 1. The van der Waals surface area contributed by atoms with Gasteiger partial charge >= 0.3 is 5.97 Å². The van der Waals surface area contributed by atoms with E-state index in [4.69, 9.17) is 4.74 Å². The summed E-state index contributed by atoms with van der Waals surface area (Å²) < 4.78 is 6.44. The molecular formula is C17H17N3O3S. The van der Waals surface area contributed by atoms with Gasteiger partial charge in [-0.1, -0.05) is 0 Å². The molecule has 6 nitrogen and oxygen atoms in total. The van der Waals surface area contributed by atoms with Gasteiger partial charge in [-0.25, -0.2) is 9.78 Å². The highest BCUT2D eigenvalue weighted by Gasteiger charge is 2.21. The minimum Gasteiger partial charge on any atom is -0.464 e. The number of carbonyl (C=O) groups is 1. The normalized spacial score (nSPS) is 13.9. The second-order valence-corrected chi connectivity index (χ2v) is 7.11. The van der Waals surface area contributed by atoms with Crippen molar-refractivity contribution in [1.29, 1.82) is 0 Å². The number of rotatable bonds is 2. The summed E-state index contributed by atoms with van der Waals surface area (Å²) in [5, 5.41) is 0.738. The maximum Gasteiger partial charge on any atom is 0.354 e. The Hall–Kier alpha value is -2.41. The molecule has 4 rings (SSSR count). The van der Waals surface area contributed by atoms with Crippen LogP contribution in [0.2, 0.25) is 0 Å². The minimum atomic E-state index is -0.418. The summed E-state index contributed by atoms with van der Waals surface area (Å²) in [5.41, 5.74) is 2.19. The number of aromatic nitrogens is 3. The quantitative estimate of drug-likeness (QED) is 0.726. The number of H-pyrrole nitrogens is 1. The van der Waals surface area contributed by atoms with E-state index < -0.39 is 5.97 Å². The summed E-state index contributed by atoms with van der Waals surface area (Å²) in [7, 11) is 3.10. The summed E-state index contributed by atoms with van der Waals surface area (Å²) in [5.74, 6) is 0.0654. The van der Waals surface area contributed by atoms with Gasteiger partial charge in [0.25, 0.3) is 5.56 Å². The number of hydrogen-bond donors (Lipinski definition) is 1. The molecule has 0 aromatic carbocycles. The van der Waals surface area contributed by atoms with Crippen molar-refractivity contribution in [2.45, 2.75) is 25.7 Å². The smallest absolute Gasteiger partial charge is 0.354 e. The topological polar surface area (TPSA) is 77.0 Å². The molecule has 0 unspecified atom stereocenters. The number of hydrogen-bond acceptors (Lipinski definition) is 5. The molecule has 0 spiro atoms. The lowest BCUT2D eigenvalue weighted by Crippen LogP contribution is -2.11. The monoisotopic (exact) mass is 343 g/mol. The number of esters is 1. The molecule has 24 heavy (non-hydrogen) atoms. The van der Waals surface area contributed by atoms with Crippen LogP contribution in [0.4, 0.5) is 0 Å². The van der Waals surface area contributed by atoms with Gasteiger partial charge in [0, 0.05) is 23.7 Å². The average molecular weight is 343 g/mol. The van der Waals surface area contributed by atoms with E-state index >= 15 is 0 Å². The van der Waals surface area contributed by atoms with Gasteiger partial charge < -0.3 is 14.3 Å². The standard InChI is InChI=1S/C17H17N3O3S/c1-20-8-9(7-11(20)17(22)23-2)14-18-15(21)13-10-5-3-4-6-12(10)24-16(13)19-14/h7-8H,3-6H2,1-2H3,(H,18,19,21). The Bertz CT molecular complexity index is 1010. The van der Waals surface area contributed by atoms with Crippen LogP contribution in [0, 0.1) is 0 Å². The molecule has 0 aliphatic heterocycles. The van der Waals surface area contributed by atoms with Crippen LogP contribution >= 0.6 is 11.3 Å². The molecule has 0 atom stereocenters. The number of nitrogens with one attached hydrogen (secondary N) is 1. The van der Waals surface area contributed by atoms with Gasteiger partial charge in [0.1, 0.15) is 16.3 Å². The highest BCUT2D eigenvalue weighted by atomic mass is 32.1. The molecule has 3 heterocycles. The maximum atomic E-state index is 12.6. The van der Waals surface area contributed by atoms with E-state index in [-0.39, 0.29) is 5.56 Å². The number of fused-ring (bicyclic) bond motifs is 3. The lowest BCUT2D eigenvalue weighted by atomic mass is 9.97. The fourth-order valence-electron chi connectivity index (χ4n) is 3.30. The Morgan fingerprint density at radius 2 is 2.17 bits per heavy atom. The first-order chi connectivity index (χ1) is 11.6. The fraction of sp³-hybridized carbons (Fsp3) is 0.353. The molecule has 0 fully saturated rings. The second kappa shape index (κ2) is 5.59. The predicted molar refractivity (Wildman–Crippen MR) is 92.6 cm³/mol. The van der Waals surface area contributed by atoms with Crippen molar-refractivity contribution < 1.29 is 9.53 Å². The van der Waals surface area contributed by atoms with Crippen LogP contribution in [-0.4, -0.2) is 27.6 Å². The summed E-state index contributed by atoms with van der Waals surface area (Å²) >= 11 is 1.61. The summed E-state index contributed by atoms with van der Waals surface area (Å²) in [6.45, 7) is 0. The van der Waals surface area contributed by atoms with E-state index in [0.717, 1.165) is 29.5 Å². The van der Waals surface area contributed by atoms with E-state index in [0.29, 0.717) is 17.1 Å². The fourth-order valence-corrected chi connectivity index (χ4v) is 4.56. The van der Waals surface area contributed by atoms with Crippen molar-refractivity contribution in [2.75, 3.05) is 7.11 Å². The lowest BCUT2D eigenvalue weighted by Gasteiger charge is -2.09. The maximum absolute atomic E-state index is 12.6. The van der Waals surface area contributed by atoms with E-state index in [1.54, 1.807) is 35.2 Å². The lowest BCUT2D eigenvalue weighted by molar-refractivity contribution is 0.0590. The van der Waals surface area contributed by atoms with E-state index in [1.165, 1.54) is 24.0 Å². The molecule has 0 bridgehead atoms. The van der Waals surface area contributed by atoms with Crippen molar-refractivity contribution in [1.82, 2.24) is 14.5 Å². The Morgan fingerprint density at radius 3 is 2.96 bits per heavy atom. The number of carbonyl (C=O) groups excluding carboxylic acids is 1. The van der Waals surface area contributed by atoms with Gasteiger partial charge in [0.2, 0.25) is 0 Å². The highest BCUT2D eigenvalue weighted by Crippen LogP contribution is 2.34. The van der Waals surface area contributed by atoms with Crippen molar-refractivity contribution in [3.05, 3.63) is 38.8 Å². The van der Waals surface area contributed by atoms with Crippen molar-refractivity contribution in [3.8, 4) is 11.4 Å². The molecule has 3 aromatic rings. The van der Waals surface area contributed by atoms with Crippen molar-refractivity contribution in [2.24, 2.45) is 7.05 Å². The van der Waals surface area contributed by atoms with Crippen LogP contribution in [0.1, 0.15) is 33.8 Å². The van der Waals surface area contributed by atoms with Gasteiger partial charge in [-0.15, -0.1) is 11.3 Å². The van der Waals surface area contributed by atoms with E-state index in [2.05, 4.69) is 9.97 Å². The molecule has 124 valence electrons. The van der Waals surface area contributed by atoms with Crippen LogP contribution in [0.15, 0.2) is 17.1 Å². The van der Waals surface area contributed by atoms with Gasteiger partial charge in [0.15, 0.2) is 0 Å². The molecule has 1 aliphatic carbocycles. The predicted octanol–water partition coefficient (Wildman–Crippen LogP) is 2.66. The zero-order valence-electron chi connectivity index (χ0n) is 13.5. The number of aromatic amines is 1. The average Bonchev–Trinajstić information content (AvgIpc) is 3.14. The largest absolute Gasteiger partial charge is 0.464 e. The first-order valence-electron chi connectivity index (χ1n) is 7.88. The van der Waals surface area contributed by atoms with E-state index in [1.807, 2.05) is 0 Å². The molecular weight excluding hydrogens is 326 g/mol. The third-order valence-electron chi connectivity index (χ3n) is 4.50. The summed E-state index contributed by atoms with van der Waals surface area (Å²) in [6.07, 6.45) is 6.05. The Labute approximate surface area is 142 Å². The van der Waals surface area contributed by atoms with Gasteiger partial charge in [-0.05, 0) is 37.3 Å². The first kappa shape index (κ1) is 15.1. The number of ether oxygens (including phenoxy) is 1. The molecule has 7 heteroatoms. The molecule has 0 amide bonds. The van der Waals surface area contributed by atoms with Crippen LogP contribution in [0.25, 0.3) is 21.6 Å². The third kappa shape index (κ3) is 2.27. The van der Waals surface area contributed by atoms with Crippen molar-refractivity contribution >= 4 is 27.5 Å². The summed E-state index contributed by atoms with van der Waals surface area (Å²) in [6, 6.07) is 1.68. The van der Waals surface area contributed by atoms with Crippen LogP contribution in [-0.2, 0) is 24.6 Å². The van der Waals surface area contributed by atoms with Crippen molar-refractivity contribution in [3.63, 3.8) is 0 Å². The van der Waals surface area contributed by atoms with Crippen LogP contribution < -0.4 is 5.56 Å². The van der Waals surface area contributed by atoms with E-state index in [9.17, 15) is 9.59 Å². The Kier molecular flexibility index (Phi) is 3.53. The van der Waals surface area contributed by atoms with Crippen LogP contribution in [0.3, 0.4) is 0 Å². The number of methoxy groups -OCH3 is 1. The molecule has 3 aromatic heterocycles. The Balaban J connectivity index is 1.87. The molecule has 0 saturated heterocycles. The van der Waals surface area contributed by atoms with Gasteiger partial charge in [0.05, 0.1) is 12.5 Å². The van der Waals surface area contributed by atoms with Crippen LogP contribution in [0.5, 0.6) is 0 Å². The zero-order chi connectivity index (χ0) is 16.8. The number of nitrogens with zero attached hydrogens (tertiary/aromatic N) is 2. The zero-order valence-corrected chi connectivity index (χ0v) is 14.3. The summed E-state index contributed by atoms with van der Waals surface area (Å²) in [4.78, 5) is 33.9. The molecule has 1 aliphatic rings. The number of aryl methyl sites for hydroxylation is 3.